The van der Waals surface area contributed by atoms with Gasteiger partial charge in [0.15, 0.2) is 0 Å². The van der Waals surface area contributed by atoms with Gasteiger partial charge in [0, 0.05) is 6.04 Å². The van der Waals surface area contributed by atoms with Gasteiger partial charge in [-0.2, -0.15) is 0 Å². The summed E-state index contributed by atoms with van der Waals surface area (Å²) in [5, 5.41) is 0. The fraction of sp³-hybridized carbons (Fsp3) is 0.778. The third kappa shape index (κ3) is 11.1. The van der Waals surface area contributed by atoms with Gasteiger partial charge in [0.05, 0.1) is 12.9 Å². The highest BCUT2D eigenvalue weighted by atomic mass is 15.1. The van der Waals surface area contributed by atoms with Gasteiger partial charge in [0.2, 0.25) is 0 Å². The average molecular weight is 186 g/mol. The topological polar surface area (TPSA) is 54.0 Å². The molecule has 0 saturated carbocycles. The van der Waals surface area contributed by atoms with Gasteiger partial charge >= 0.3 is 0 Å². The van der Waals surface area contributed by atoms with Crippen molar-refractivity contribution in [2.75, 3.05) is 20.6 Å². The molecule has 13 heavy (non-hydrogen) atoms. The summed E-state index contributed by atoms with van der Waals surface area (Å²) in [5.74, 6) is 0. The zero-order valence-corrected chi connectivity index (χ0v) is 9.36. The standard InChI is InChI=1S/C7H16N4.C2H6/c1-7(11(2)3)4-9-6-10-5-8;1-2/h5-7H,4H2,1-3H3,(H2,8,9,10);1-2H3. The number of nitrogens with zero attached hydrogens (tertiary/aromatic N) is 3. The molecule has 0 radical (unpaired) electrons. The first-order chi connectivity index (χ1) is 6.18. The van der Waals surface area contributed by atoms with Gasteiger partial charge in [-0.3, -0.25) is 4.99 Å². The van der Waals surface area contributed by atoms with Crippen LogP contribution in [0.1, 0.15) is 20.8 Å². The smallest absolute Gasteiger partial charge is 0.111 e. The lowest BCUT2D eigenvalue weighted by atomic mass is 10.3. The molecule has 0 rings (SSSR count). The van der Waals surface area contributed by atoms with Gasteiger partial charge in [-0.1, -0.05) is 13.8 Å². The van der Waals surface area contributed by atoms with Crippen LogP contribution in [-0.2, 0) is 0 Å². The normalized spacial score (nSPS) is 13.4. The Morgan fingerprint density at radius 1 is 1.38 bits per heavy atom. The van der Waals surface area contributed by atoms with E-state index in [-0.39, 0.29) is 0 Å². The highest BCUT2D eigenvalue weighted by Crippen LogP contribution is 1.90. The first-order valence-corrected chi connectivity index (χ1v) is 4.56. The van der Waals surface area contributed by atoms with E-state index < -0.39 is 0 Å². The van der Waals surface area contributed by atoms with Crippen molar-refractivity contribution >= 4 is 12.7 Å². The van der Waals surface area contributed by atoms with Crippen LogP contribution in [0.25, 0.3) is 0 Å². The predicted octanol–water partition coefficient (Wildman–Crippen LogP) is 0.978. The van der Waals surface area contributed by atoms with Crippen molar-refractivity contribution < 1.29 is 0 Å². The summed E-state index contributed by atoms with van der Waals surface area (Å²) < 4.78 is 0. The van der Waals surface area contributed by atoms with Crippen LogP contribution in [0.2, 0.25) is 0 Å². The number of hydrogen-bond donors (Lipinski definition) is 1. The SMILES string of the molecule is CC.CC(CN=CN=CN)N(C)C. The zero-order valence-electron chi connectivity index (χ0n) is 9.36. The summed E-state index contributed by atoms with van der Waals surface area (Å²) in [5.41, 5.74) is 5.01. The minimum Gasteiger partial charge on any atom is -0.390 e. The van der Waals surface area contributed by atoms with Gasteiger partial charge in [0.1, 0.15) is 6.34 Å². The highest BCUT2D eigenvalue weighted by Gasteiger charge is 2.00. The van der Waals surface area contributed by atoms with Crippen LogP contribution in [0.3, 0.4) is 0 Å². The molecule has 0 aliphatic carbocycles. The molecule has 1 atom stereocenters. The Hall–Kier alpha value is -0.900. The van der Waals surface area contributed by atoms with E-state index in [4.69, 9.17) is 5.73 Å². The van der Waals surface area contributed by atoms with Crippen molar-refractivity contribution in [2.24, 2.45) is 15.7 Å². The summed E-state index contributed by atoms with van der Waals surface area (Å²) in [7, 11) is 4.04. The molecule has 0 aromatic heterocycles. The maximum absolute atomic E-state index is 5.01. The average Bonchev–Trinajstić information content (AvgIpc) is 2.15. The first kappa shape index (κ1) is 14.6. The number of hydrogen-bond acceptors (Lipinski definition) is 2. The van der Waals surface area contributed by atoms with Crippen LogP contribution < -0.4 is 5.73 Å². The third-order valence-electron chi connectivity index (χ3n) is 1.49. The van der Waals surface area contributed by atoms with Crippen LogP contribution in [0.5, 0.6) is 0 Å². The third-order valence-corrected chi connectivity index (χ3v) is 1.49. The van der Waals surface area contributed by atoms with Crippen molar-refractivity contribution in [2.45, 2.75) is 26.8 Å². The summed E-state index contributed by atoms with van der Waals surface area (Å²) >= 11 is 0. The Kier molecular flexibility index (Phi) is 12.5. The molecule has 78 valence electrons. The van der Waals surface area contributed by atoms with Gasteiger partial charge in [0.25, 0.3) is 0 Å². The molecule has 4 nitrogen and oxygen atoms in total. The Bertz CT molecular complexity index is 141. The van der Waals surface area contributed by atoms with Crippen molar-refractivity contribution in [3.8, 4) is 0 Å². The Labute approximate surface area is 81.6 Å². The summed E-state index contributed by atoms with van der Waals surface area (Å²) in [4.78, 5) is 9.78. The molecule has 0 bridgehead atoms. The van der Waals surface area contributed by atoms with Crippen LogP contribution in [0, 0.1) is 0 Å². The van der Waals surface area contributed by atoms with Gasteiger partial charge in [-0.05, 0) is 21.0 Å². The summed E-state index contributed by atoms with van der Waals surface area (Å²) in [6.07, 6.45) is 2.70. The van der Waals surface area contributed by atoms with E-state index in [0.29, 0.717) is 6.04 Å². The Morgan fingerprint density at radius 2 is 1.92 bits per heavy atom. The van der Waals surface area contributed by atoms with Crippen molar-refractivity contribution in [1.29, 1.82) is 0 Å². The molecule has 0 aromatic rings. The molecule has 0 heterocycles. The number of aliphatic imine (C=N–C) groups is 2. The lowest BCUT2D eigenvalue weighted by molar-refractivity contribution is 0.321. The first-order valence-electron chi connectivity index (χ1n) is 4.56. The molecule has 0 spiro atoms. The van der Waals surface area contributed by atoms with Crippen LogP contribution >= 0.6 is 0 Å². The molecule has 0 aliphatic rings. The predicted molar refractivity (Wildman–Crippen MR) is 60.5 cm³/mol. The van der Waals surface area contributed by atoms with Crippen molar-refractivity contribution in [3.63, 3.8) is 0 Å². The quantitative estimate of drug-likeness (QED) is 0.525. The molecule has 0 aromatic carbocycles. The lowest BCUT2D eigenvalue weighted by Gasteiger charge is -2.16. The second-order valence-electron chi connectivity index (χ2n) is 2.59. The largest absolute Gasteiger partial charge is 0.390 e. The highest BCUT2D eigenvalue weighted by molar-refractivity contribution is 5.69. The molecular weight excluding hydrogens is 164 g/mol. The second-order valence-corrected chi connectivity index (χ2v) is 2.59. The second kappa shape index (κ2) is 11.1. The fourth-order valence-corrected chi connectivity index (χ4v) is 0.449. The van der Waals surface area contributed by atoms with Gasteiger partial charge in [-0.15, -0.1) is 0 Å². The maximum atomic E-state index is 5.01. The van der Waals surface area contributed by atoms with E-state index in [1.807, 2.05) is 27.9 Å². The molecule has 0 saturated heterocycles. The summed E-state index contributed by atoms with van der Waals surface area (Å²) in [6.45, 7) is 6.86. The Balaban J connectivity index is 0. The molecule has 0 fully saturated rings. The number of rotatable bonds is 4. The van der Waals surface area contributed by atoms with Gasteiger partial charge in [-0.25, -0.2) is 4.99 Å². The fourth-order valence-electron chi connectivity index (χ4n) is 0.449. The van der Waals surface area contributed by atoms with E-state index >= 15 is 0 Å². The molecule has 4 heteroatoms. The van der Waals surface area contributed by atoms with E-state index in [1.54, 1.807) is 0 Å². The van der Waals surface area contributed by atoms with Gasteiger partial charge < -0.3 is 10.6 Å². The lowest BCUT2D eigenvalue weighted by Crippen LogP contribution is -2.27. The minimum atomic E-state index is 0.444. The number of nitrogens with two attached hydrogens (primary N) is 1. The Morgan fingerprint density at radius 3 is 2.31 bits per heavy atom. The molecule has 1 unspecified atom stereocenters. The number of likely N-dealkylation sites (N-methyl/N-ethyl adjacent to an activating group) is 1. The molecule has 0 amide bonds. The summed E-state index contributed by atoms with van der Waals surface area (Å²) in [6, 6.07) is 0.444. The van der Waals surface area contributed by atoms with Crippen molar-refractivity contribution in [1.82, 2.24) is 4.90 Å². The van der Waals surface area contributed by atoms with Crippen LogP contribution in [0.4, 0.5) is 0 Å². The van der Waals surface area contributed by atoms with E-state index in [0.717, 1.165) is 6.54 Å². The molecule has 2 N–H and O–H groups in total. The van der Waals surface area contributed by atoms with Crippen molar-refractivity contribution in [3.05, 3.63) is 0 Å². The van der Waals surface area contributed by atoms with Crippen LogP contribution in [-0.4, -0.2) is 44.3 Å². The monoisotopic (exact) mass is 186 g/mol. The van der Waals surface area contributed by atoms with E-state index in [1.165, 1.54) is 12.7 Å². The molecular formula is C9H22N4. The molecule has 0 aliphatic heterocycles. The zero-order chi connectivity index (χ0) is 10.7. The van der Waals surface area contributed by atoms with E-state index in [2.05, 4.69) is 21.8 Å². The minimum absolute atomic E-state index is 0.444. The maximum Gasteiger partial charge on any atom is 0.111 e. The van der Waals surface area contributed by atoms with Crippen LogP contribution in [0.15, 0.2) is 9.98 Å². The van der Waals surface area contributed by atoms with E-state index in [9.17, 15) is 0 Å².